The van der Waals surface area contributed by atoms with Crippen LogP contribution in [0.5, 0.6) is 5.75 Å². The van der Waals surface area contributed by atoms with Crippen molar-refractivity contribution in [2.45, 2.75) is 18.5 Å². The van der Waals surface area contributed by atoms with Crippen LogP contribution in [0, 0.1) is 12.7 Å². The maximum atomic E-state index is 12.9. The van der Waals surface area contributed by atoms with Crippen LogP contribution in [-0.4, -0.2) is 28.7 Å². The van der Waals surface area contributed by atoms with Gasteiger partial charge in [0.1, 0.15) is 16.6 Å². The number of halogens is 1. The maximum absolute atomic E-state index is 12.9. The first-order valence-electron chi connectivity index (χ1n) is 8.67. The Bertz CT molecular complexity index is 947. The number of nitrogens with one attached hydrogen (secondary N) is 1. The van der Waals surface area contributed by atoms with Crippen LogP contribution in [0.4, 0.5) is 4.39 Å². The number of methoxy groups -OCH3 is 1. The van der Waals surface area contributed by atoms with E-state index < -0.39 is 0 Å². The predicted molar refractivity (Wildman–Crippen MR) is 108 cm³/mol. The van der Waals surface area contributed by atoms with Crippen LogP contribution in [0.1, 0.15) is 11.3 Å². The molecule has 0 aliphatic rings. The highest BCUT2D eigenvalue weighted by Gasteiger charge is 2.09. The summed E-state index contributed by atoms with van der Waals surface area (Å²) in [5.74, 6) is 1.20. The molecule has 1 heterocycles. The number of aryl methyl sites for hydroxylation is 1. The van der Waals surface area contributed by atoms with E-state index in [4.69, 9.17) is 4.74 Å². The third-order valence-electron chi connectivity index (χ3n) is 3.93. The summed E-state index contributed by atoms with van der Waals surface area (Å²) in [7, 11) is 1.62. The number of hydrogen-bond donors (Lipinski definition) is 1. The fourth-order valence-electron chi connectivity index (χ4n) is 2.48. The summed E-state index contributed by atoms with van der Waals surface area (Å²) in [4.78, 5) is 21.1. The highest BCUT2D eigenvalue weighted by molar-refractivity contribution is 7.99. The van der Waals surface area contributed by atoms with Gasteiger partial charge < -0.3 is 10.1 Å². The Balaban J connectivity index is 1.59. The monoisotopic (exact) mass is 397 g/mol. The molecule has 0 saturated heterocycles. The molecule has 0 radical (unpaired) electrons. The number of amides is 1. The van der Waals surface area contributed by atoms with Crippen molar-refractivity contribution < 1.29 is 13.9 Å². The minimum Gasteiger partial charge on any atom is -0.497 e. The normalized spacial score (nSPS) is 10.5. The molecule has 5 nitrogen and oxygen atoms in total. The molecule has 0 unspecified atom stereocenters. The molecule has 3 rings (SSSR count). The van der Waals surface area contributed by atoms with Gasteiger partial charge >= 0.3 is 0 Å². The van der Waals surface area contributed by atoms with Gasteiger partial charge in [0.05, 0.1) is 12.9 Å². The summed E-state index contributed by atoms with van der Waals surface area (Å²) in [6.07, 6.45) is 0. The van der Waals surface area contributed by atoms with Gasteiger partial charge in [0.15, 0.2) is 5.82 Å². The van der Waals surface area contributed by atoms with Gasteiger partial charge in [-0.3, -0.25) is 4.79 Å². The van der Waals surface area contributed by atoms with Crippen LogP contribution >= 0.6 is 11.8 Å². The van der Waals surface area contributed by atoms with Crippen molar-refractivity contribution in [1.82, 2.24) is 15.3 Å². The third-order valence-corrected chi connectivity index (χ3v) is 4.84. The molecule has 2 aromatic carbocycles. The zero-order valence-electron chi connectivity index (χ0n) is 15.6. The highest BCUT2D eigenvalue weighted by atomic mass is 32.2. The van der Waals surface area contributed by atoms with Crippen LogP contribution < -0.4 is 10.1 Å². The molecular formula is C21H20FN3O2S. The van der Waals surface area contributed by atoms with E-state index >= 15 is 0 Å². The Morgan fingerprint density at radius 1 is 1.11 bits per heavy atom. The van der Waals surface area contributed by atoms with Gasteiger partial charge in [0.2, 0.25) is 5.91 Å². The molecular weight excluding hydrogens is 377 g/mol. The topological polar surface area (TPSA) is 64.1 Å². The fraction of sp³-hybridized carbons (Fsp3) is 0.190. The fourth-order valence-corrected chi connectivity index (χ4v) is 3.26. The summed E-state index contributed by atoms with van der Waals surface area (Å²) in [5.41, 5.74) is 2.56. The van der Waals surface area contributed by atoms with Gasteiger partial charge in [-0.15, -0.1) is 0 Å². The number of thioether (sulfide) groups is 1. The van der Waals surface area contributed by atoms with E-state index in [-0.39, 0.29) is 17.5 Å². The van der Waals surface area contributed by atoms with Crippen LogP contribution in [-0.2, 0) is 11.3 Å². The first-order valence-corrected chi connectivity index (χ1v) is 9.66. The average Bonchev–Trinajstić information content (AvgIpc) is 2.71. The van der Waals surface area contributed by atoms with E-state index in [1.54, 1.807) is 19.2 Å². The number of nitrogens with zero attached hydrogens (tertiary/aromatic N) is 2. The molecule has 0 aliphatic carbocycles. The molecule has 3 aromatic rings. The molecule has 0 aliphatic heterocycles. The number of ether oxygens (including phenoxy) is 1. The third kappa shape index (κ3) is 5.53. The van der Waals surface area contributed by atoms with Crippen molar-refractivity contribution in [3.63, 3.8) is 0 Å². The summed E-state index contributed by atoms with van der Waals surface area (Å²) in [5, 5.41) is 3.55. The molecule has 1 N–H and O–H groups in total. The summed E-state index contributed by atoms with van der Waals surface area (Å²) in [6, 6.07) is 15.4. The van der Waals surface area contributed by atoms with Gasteiger partial charge in [0.25, 0.3) is 0 Å². The lowest BCUT2D eigenvalue weighted by atomic mass is 10.2. The van der Waals surface area contributed by atoms with Gasteiger partial charge in [-0.1, -0.05) is 23.9 Å². The van der Waals surface area contributed by atoms with E-state index in [9.17, 15) is 9.18 Å². The van der Waals surface area contributed by atoms with Gasteiger partial charge in [0, 0.05) is 17.8 Å². The Hall–Kier alpha value is -2.93. The molecule has 1 amide bonds. The maximum Gasteiger partial charge on any atom is 0.230 e. The van der Waals surface area contributed by atoms with Gasteiger partial charge in [-0.05, 0) is 55.0 Å². The van der Waals surface area contributed by atoms with Gasteiger partial charge in [-0.25, -0.2) is 14.4 Å². The highest BCUT2D eigenvalue weighted by Crippen LogP contribution is 2.23. The molecule has 0 bridgehead atoms. The van der Waals surface area contributed by atoms with Crippen molar-refractivity contribution in [2.75, 3.05) is 12.9 Å². The Kier molecular flexibility index (Phi) is 6.60. The Morgan fingerprint density at radius 2 is 1.82 bits per heavy atom. The predicted octanol–water partition coefficient (Wildman–Crippen LogP) is 4.01. The van der Waals surface area contributed by atoms with E-state index in [0.29, 0.717) is 12.4 Å². The second kappa shape index (κ2) is 9.32. The lowest BCUT2D eigenvalue weighted by molar-refractivity contribution is -0.118. The van der Waals surface area contributed by atoms with Crippen molar-refractivity contribution in [3.05, 3.63) is 71.7 Å². The Morgan fingerprint density at radius 3 is 2.50 bits per heavy atom. The molecule has 0 fully saturated rings. The number of carbonyl (C=O) groups excluding carboxylic acids is 1. The van der Waals surface area contributed by atoms with Crippen LogP contribution in [0.2, 0.25) is 0 Å². The van der Waals surface area contributed by atoms with Crippen molar-refractivity contribution >= 4 is 17.7 Å². The molecule has 0 spiro atoms. The minimum atomic E-state index is -0.294. The summed E-state index contributed by atoms with van der Waals surface area (Å²) < 4.78 is 18.1. The zero-order chi connectivity index (χ0) is 19.9. The lowest BCUT2D eigenvalue weighted by Crippen LogP contribution is -2.24. The summed E-state index contributed by atoms with van der Waals surface area (Å²) in [6.45, 7) is 2.26. The molecule has 28 heavy (non-hydrogen) atoms. The second-order valence-electron chi connectivity index (χ2n) is 6.09. The van der Waals surface area contributed by atoms with E-state index in [1.165, 1.54) is 23.9 Å². The zero-order valence-corrected chi connectivity index (χ0v) is 16.4. The van der Waals surface area contributed by atoms with Crippen molar-refractivity contribution in [3.8, 4) is 17.1 Å². The van der Waals surface area contributed by atoms with E-state index in [2.05, 4.69) is 15.3 Å². The minimum absolute atomic E-state index is 0.114. The number of hydrogen-bond acceptors (Lipinski definition) is 5. The molecule has 0 saturated carbocycles. The molecule has 0 atom stereocenters. The molecule has 1 aromatic heterocycles. The number of benzene rings is 2. The number of aromatic nitrogens is 2. The SMILES string of the molecule is COc1ccc(-c2nc(C)cc(SCC(=O)NCc3ccc(F)cc3)n2)cc1. The van der Waals surface area contributed by atoms with E-state index in [0.717, 1.165) is 27.6 Å². The largest absolute Gasteiger partial charge is 0.497 e. The average molecular weight is 397 g/mol. The number of rotatable bonds is 7. The standard InChI is InChI=1S/C21H20FN3O2S/c1-14-11-20(25-21(24-14)16-5-9-18(27-2)10-6-16)28-13-19(26)23-12-15-3-7-17(22)8-4-15/h3-11H,12-13H2,1-2H3,(H,23,26). The van der Waals surface area contributed by atoms with Crippen LogP contribution in [0.3, 0.4) is 0 Å². The second-order valence-corrected chi connectivity index (χ2v) is 7.09. The van der Waals surface area contributed by atoms with Crippen LogP contribution in [0.25, 0.3) is 11.4 Å². The lowest BCUT2D eigenvalue weighted by Gasteiger charge is -2.08. The Labute approximate surface area is 167 Å². The molecule has 144 valence electrons. The first kappa shape index (κ1) is 19.8. The quantitative estimate of drug-likeness (QED) is 0.482. The number of carbonyl (C=O) groups is 1. The first-order chi connectivity index (χ1) is 13.5. The van der Waals surface area contributed by atoms with Crippen molar-refractivity contribution in [2.24, 2.45) is 0 Å². The van der Waals surface area contributed by atoms with E-state index in [1.807, 2.05) is 37.3 Å². The molecule has 7 heteroatoms. The van der Waals surface area contributed by atoms with Crippen molar-refractivity contribution in [1.29, 1.82) is 0 Å². The smallest absolute Gasteiger partial charge is 0.230 e. The van der Waals surface area contributed by atoms with Gasteiger partial charge in [-0.2, -0.15) is 0 Å². The summed E-state index contributed by atoms with van der Waals surface area (Å²) >= 11 is 1.35. The van der Waals surface area contributed by atoms with Crippen LogP contribution in [0.15, 0.2) is 59.6 Å².